The second kappa shape index (κ2) is 4.40. The van der Waals surface area contributed by atoms with E-state index in [1.54, 1.807) is 0 Å². The summed E-state index contributed by atoms with van der Waals surface area (Å²) in [5, 5.41) is 10.5. The van der Waals surface area contributed by atoms with Crippen LogP contribution < -0.4 is 0 Å². The van der Waals surface area contributed by atoms with Crippen molar-refractivity contribution in [3.63, 3.8) is 0 Å². The van der Waals surface area contributed by atoms with Gasteiger partial charge in [-0.2, -0.15) is 13.2 Å². The van der Waals surface area contributed by atoms with Crippen LogP contribution in [-0.2, 0) is 11.5 Å². The SMILES string of the molecule is Cc1cc(C(F)(F)F)c(CBr)cc1[N+](=O)[O-]. The molecular formula is C9H7BrF3NO2. The minimum Gasteiger partial charge on any atom is -0.258 e. The summed E-state index contributed by atoms with van der Waals surface area (Å²) in [5.74, 6) is 0. The summed E-state index contributed by atoms with van der Waals surface area (Å²) in [6.07, 6.45) is -4.50. The zero-order chi connectivity index (χ0) is 12.5. The number of hydrogen-bond donors (Lipinski definition) is 0. The number of benzene rings is 1. The molecule has 0 amide bonds. The fourth-order valence-corrected chi connectivity index (χ4v) is 1.77. The lowest BCUT2D eigenvalue weighted by Gasteiger charge is -2.12. The molecule has 0 aromatic heterocycles. The Bertz CT molecular complexity index is 431. The molecule has 0 saturated heterocycles. The average molecular weight is 298 g/mol. The van der Waals surface area contributed by atoms with E-state index in [1.807, 2.05) is 0 Å². The molecule has 0 spiro atoms. The molecule has 1 aromatic carbocycles. The number of alkyl halides is 4. The molecule has 88 valence electrons. The van der Waals surface area contributed by atoms with E-state index in [9.17, 15) is 23.3 Å². The minimum atomic E-state index is -4.50. The van der Waals surface area contributed by atoms with Crippen molar-refractivity contribution in [3.8, 4) is 0 Å². The standard InChI is InChI=1S/C9H7BrF3NO2/c1-5-2-7(9(11,12)13)6(4-10)3-8(5)14(15)16/h2-3H,4H2,1H3. The van der Waals surface area contributed by atoms with Gasteiger partial charge in [-0.25, -0.2) is 0 Å². The molecule has 16 heavy (non-hydrogen) atoms. The lowest BCUT2D eigenvalue weighted by Crippen LogP contribution is -2.10. The molecule has 0 fully saturated rings. The van der Waals surface area contributed by atoms with Gasteiger partial charge < -0.3 is 0 Å². The Kier molecular flexibility index (Phi) is 3.57. The molecule has 1 aromatic rings. The van der Waals surface area contributed by atoms with Crippen LogP contribution in [0.3, 0.4) is 0 Å². The summed E-state index contributed by atoms with van der Waals surface area (Å²) in [4.78, 5) is 9.87. The molecule has 0 aliphatic heterocycles. The van der Waals surface area contributed by atoms with Crippen LogP contribution in [0.2, 0.25) is 0 Å². The number of nitrogens with zero attached hydrogens (tertiary/aromatic N) is 1. The van der Waals surface area contributed by atoms with E-state index in [2.05, 4.69) is 15.9 Å². The smallest absolute Gasteiger partial charge is 0.258 e. The molecule has 0 saturated carbocycles. The van der Waals surface area contributed by atoms with Crippen LogP contribution in [0, 0.1) is 17.0 Å². The van der Waals surface area contributed by atoms with Crippen LogP contribution >= 0.6 is 15.9 Å². The molecule has 0 N–H and O–H groups in total. The topological polar surface area (TPSA) is 43.1 Å². The van der Waals surface area contributed by atoms with Gasteiger partial charge in [-0.15, -0.1) is 0 Å². The molecule has 7 heteroatoms. The Morgan fingerprint density at radius 2 is 2.00 bits per heavy atom. The van der Waals surface area contributed by atoms with Gasteiger partial charge in [-0.3, -0.25) is 10.1 Å². The monoisotopic (exact) mass is 297 g/mol. The van der Waals surface area contributed by atoms with Gasteiger partial charge in [0.1, 0.15) is 0 Å². The van der Waals surface area contributed by atoms with Gasteiger partial charge in [-0.05, 0) is 18.6 Å². The quantitative estimate of drug-likeness (QED) is 0.473. The summed E-state index contributed by atoms with van der Waals surface area (Å²) >= 11 is 2.89. The van der Waals surface area contributed by atoms with Crippen LogP contribution in [0.1, 0.15) is 16.7 Å². The van der Waals surface area contributed by atoms with E-state index in [-0.39, 0.29) is 22.1 Å². The van der Waals surface area contributed by atoms with Crippen molar-refractivity contribution < 1.29 is 18.1 Å². The first-order valence-corrected chi connectivity index (χ1v) is 5.30. The van der Waals surface area contributed by atoms with Crippen molar-refractivity contribution in [2.24, 2.45) is 0 Å². The maximum Gasteiger partial charge on any atom is 0.416 e. The molecular weight excluding hydrogens is 291 g/mol. The van der Waals surface area contributed by atoms with Crippen LogP contribution in [0.15, 0.2) is 12.1 Å². The molecule has 0 heterocycles. The van der Waals surface area contributed by atoms with E-state index >= 15 is 0 Å². The van der Waals surface area contributed by atoms with Crippen LogP contribution in [0.25, 0.3) is 0 Å². The zero-order valence-electron chi connectivity index (χ0n) is 8.14. The predicted molar refractivity (Wildman–Crippen MR) is 55.5 cm³/mol. The molecule has 0 unspecified atom stereocenters. The van der Waals surface area contributed by atoms with Crippen molar-refractivity contribution in [2.45, 2.75) is 18.4 Å². The largest absolute Gasteiger partial charge is 0.416 e. The number of halogens is 4. The highest BCUT2D eigenvalue weighted by Crippen LogP contribution is 2.36. The Labute approximate surface area is 97.5 Å². The Morgan fingerprint density at radius 3 is 2.38 bits per heavy atom. The van der Waals surface area contributed by atoms with Crippen molar-refractivity contribution in [2.75, 3.05) is 0 Å². The number of nitro groups is 1. The Hall–Kier alpha value is -1.11. The Morgan fingerprint density at radius 1 is 1.44 bits per heavy atom. The van der Waals surface area contributed by atoms with E-state index in [4.69, 9.17) is 0 Å². The van der Waals surface area contributed by atoms with E-state index in [0.29, 0.717) is 0 Å². The maximum atomic E-state index is 12.6. The molecule has 0 aliphatic rings. The van der Waals surface area contributed by atoms with E-state index in [0.717, 1.165) is 12.1 Å². The summed E-state index contributed by atoms with van der Waals surface area (Å²) in [5.41, 5.74) is -1.28. The van der Waals surface area contributed by atoms with Crippen molar-refractivity contribution in [1.82, 2.24) is 0 Å². The Balaban J connectivity index is 3.44. The second-order valence-corrected chi connectivity index (χ2v) is 3.75. The van der Waals surface area contributed by atoms with Gasteiger partial charge in [0.25, 0.3) is 5.69 Å². The lowest BCUT2D eigenvalue weighted by molar-refractivity contribution is -0.385. The van der Waals surface area contributed by atoms with E-state index < -0.39 is 16.7 Å². The fraction of sp³-hybridized carbons (Fsp3) is 0.333. The highest BCUT2D eigenvalue weighted by Gasteiger charge is 2.34. The maximum absolute atomic E-state index is 12.6. The molecule has 0 atom stereocenters. The van der Waals surface area contributed by atoms with Crippen LogP contribution in [0.4, 0.5) is 18.9 Å². The van der Waals surface area contributed by atoms with Crippen LogP contribution in [0.5, 0.6) is 0 Å². The normalized spacial score (nSPS) is 11.6. The summed E-state index contributed by atoms with van der Waals surface area (Å²) in [7, 11) is 0. The zero-order valence-corrected chi connectivity index (χ0v) is 9.72. The van der Waals surface area contributed by atoms with Crippen molar-refractivity contribution >= 4 is 21.6 Å². The lowest BCUT2D eigenvalue weighted by atomic mass is 10.0. The van der Waals surface area contributed by atoms with Gasteiger partial charge in [0, 0.05) is 17.0 Å². The van der Waals surface area contributed by atoms with Gasteiger partial charge in [0.2, 0.25) is 0 Å². The number of aryl methyl sites for hydroxylation is 1. The third-order valence-electron chi connectivity index (χ3n) is 2.07. The number of rotatable bonds is 2. The number of hydrogen-bond acceptors (Lipinski definition) is 2. The van der Waals surface area contributed by atoms with E-state index in [1.165, 1.54) is 6.92 Å². The number of nitro benzene ring substituents is 1. The highest BCUT2D eigenvalue weighted by molar-refractivity contribution is 9.08. The molecule has 1 rings (SSSR count). The van der Waals surface area contributed by atoms with Crippen molar-refractivity contribution in [3.05, 3.63) is 38.9 Å². The molecule has 0 aliphatic carbocycles. The third-order valence-corrected chi connectivity index (χ3v) is 2.67. The van der Waals surface area contributed by atoms with Crippen molar-refractivity contribution in [1.29, 1.82) is 0 Å². The minimum absolute atomic E-state index is 0.00188. The summed E-state index contributed by atoms with van der Waals surface area (Å²) in [6.45, 7) is 1.28. The van der Waals surface area contributed by atoms with Gasteiger partial charge in [0.05, 0.1) is 10.5 Å². The van der Waals surface area contributed by atoms with Gasteiger partial charge >= 0.3 is 6.18 Å². The van der Waals surface area contributed by atoms with Crippen LogP contribution in [-0.4, -0.2) is 4.92 Å². The average Bonchev–Trinajstić information content (AvgIpc) is 2.15. The summed E-state index contributed by atoms with van der Waals surface area (Å²) < 4.78 is 37.7. The first-order valence-electron chi connectivity index (χ1n) is 4.18. The molecule has 3 nitrogen and oxygen atoms in total. The van der Waals surface area contributed by atoms with Gasteiger partial charge in [0.15, 0.2) is 0 Å². The second-order valence-electron chi connectivity index (χ2n) is 3.18. The first-order chi connectivity index (χ1) is 7.27. The molecule has 0 radical (unpaired) electrons. The van der Waals surface area contributed by atoms with Gasteiger partial charge in [-0.1, -0.05) is 15.9 Å². The predicted octanol–water partition coefficient (Wildman–Crippen LogP) is 3.82. The summed E-state index contributed by atoms with van der Waals surface area (Å²) in [6, 6.07) is 1.75. The molecule has 0 bridgehead atoms. The highest BCUT2D eigenvalue weighted by atomic mass is 79.9. The third kappa shape index (κ3) is 2.52. The first kappa shape index (κ1) is 13.0. The fourth-order valence-electron chi connectivity index (χ4n) is 1.31.